The van der Waals surface area contributed by atoms with Crippen molar-refractivity contribution in [3.63, 3.8) is 0 Å². The molecule has 0 spiro atoms. The fraction of sp³-hybridized carbons (Fsp3) is 0.500. The Morgan fingerprint density at radius 2 is 1.24 bits per heavy atom. The summed E-state index contributed by atoms with van der Waals surface area (Å²) in [6.07, 6.45) is 6.49. The number of esters is 2. The Morgan fingerprint density at radius 1 is 0.738 bits per heavy atom. The molecular formula is C34H46O8. The first-order chi connectivity index (χ1) is 19.7. The van der Waals surface area contributed by atoms with Crippen LogP contribution in [0.1, 0.15) is 95.3 Å². The topological polar surface area (TPSA) is 97.4 Å². The first kappa shape index (κ1) is 34.4. The van der Waals surface area contributed by atoms with E-state index in [-0.39, 0.29) is 31.3 Å². The van der Waals surface area contributed by atoms with Gasteiger partial charge in [-0.2, -0.15) is 0 Å². The number of allylic oxidation sites excluding steroid dienone is 1. The lowest BCUT2D eigenvalue weighted by Crippen LogP contribution is -2.25. The summed E-state index contributed by atoms with van der Waals surface area (Å²) in [6.45, 7) is 14.3. The summed E-state index contributed by atoms with van der Waals surface area (Å²) < 4.78 is 27.9. The smallest absolute Gasteiger partial charge is 0.314 e. The number of benzene rings is 2. The molecule has 0 radical (unpaired) electrons. The van der Waals surface area contributed by atoms with Gasteiger partial charge in [0.15, 0.2) is 5.78 Å². The number of ether oxygens (including phenoxy) is 5. The minimum atomic E-state index is -0.662. The number of carbonyl (C=O) groups is 3. The molecule has 0 fully saturated rings. The number of rotatable bonds is 14. The van der Waals surface area contributed by atoms with Crippen molar-refractivity contribution in [2.75, 3.05) is 20.7 Å². The van der Waals surface area contributed by atoms with Crippen LogP contribution in [0.15, 0.2) is 36.4 Å². The predicted octanol–water partition coefficient (Wildman–Crippen LogP) is 7.35. The molecule has 0 atom stereocenters. The first-order valence-corrected chi connectivity index (χ1v) is 14.4. The van der Waals surface area contributed by atoms with Gasteiger partial charge in [-0.3, -0.25) is 14.4 Å². The van der Waals surface area contributed by atoms with E-state index in [9.17, 15) is 14.4 Å². The van der Waals surface area contributed by atoms with Gasteiger partial charge in [0.25, 0.3) is 0 Å². The molecule has 2 rings (SSSR count). The Kier molecular flexibility index (Phi) is 12.6. The molecule has 0 aliphatic heterocycles. The largest absolute Gasteiger partial charge is 0.496 e. The van der Waals surface area contributed by atoms with Gasteiger partial charge in [0, 0.05) is 5.56 Å². The predicted molar refractivity (Wildman–Crippen MR) is 163 cm³/mol. The lowest BCUT2D eigenvalue weighted by molar-refractivity contribution is -0.160. The normalized spacial score (nSPS) is 11.7. The highest BCUT2D eigenvalue weighted by atomic mass is 16.7. The van der Waals surface area contributed by atoms with Crippen LogP contribution >= 0.6 is 0 Å². The van der Waals surface area contributed by atoms with Crippen molar-refractivity contribution in [1.29, 1.82) is 0 Å². The van der Waals surface area contributed by atoms with E-state index in [1.165, 1.54) is 6.08 Å². The van der Waals surface area contributed by atoms with Crippen molar-refractivity contribution in [2.45, 2.75) is 81.1 Å². The molecule has 8 heteroatoms. The summed E-state index contributed by atoms with van der Waals surface area (Å²) in [7, 11) is 1.59. The summed E-state index contributed by atoms with van der Waals surface area (Å²) in [6, 6.07) is 8.65. The fourth-order valence-corrected chi connectivity index (χ4v) is 3.96. The van der Waals surface area contributed by atoms with Crippen LogP contribution in [0.5, 0.6) is 17.2 Å². The lowest BCUT2D eigenvalue weighted by atomic mass is 9.96. The van der Waals surface area contributed by atoms with Crippen molar-refractivity contribution in [2.24, 2.45) is 10.8 Å². The van der Waals surface area contributed by atoms with Crippen molar-refractivity contribution in [3.05, 3.63) is 58.7 Å². The minimum Gasteiger partial charge on any atom is -0.496 e. The van der Waals surface area contributed by atoms with Crippen LogP contribution in [0.25, 0.3) is 6.08 Å². The Morgan fingerprint density at radius 3 is 1.71 bits per heavy atom. The van der Waals surface area contributed by atoms with Crippen molar-refractivity contribution in [3.8, 4) is 17.2 Å². The molecule has 8 nitrogen and oxygen atoms in total. The molecule has 0 saturated heterocycles. The number of methoxy groups -OCH3 is 1. The number of ketones is 1. The zero-order valence-corrected chi connectivity index (χ0v) is 26.6. The highest BCUT2D eigenvalue weighted by Crippen LogP contribution is 2.39. The number of carbonyl (C=O) groups excluding carboxylic acids is 3. The minimum absolute atomic E-state index is 0.217. The summed E-state index contributed by atoms with van der Waals surface area (Å²) in [5.74, 6) is 0.637. The Labute approximate surface area is 250 Å². The van der Waals surface area contributed by atoms with Gasteiger partial charge in [-0.05, 0) is 108 Å². The van der Waals surface area contributed by atoms with Crippen LogP contribution in [-0.4, -0.2) is 38.4 Å². The Hall–Kier alpha value is -3.81. The van der Waals surface area contributed by atoms with Crippen LogP contribution in [0, 0.1) is 10.8 Å². The molecule has 230 valence electrons. The maximum atomic E-state index is 13.1. The van der Waals surface area contributed by atoms with Crippen molar-refractivity contribution in [1.82, 2.24) is 0 Å². The monoisotopic (exact) mass is 582 g/mol. The maximum Gasteiger partial charge on any atom is 0.314 e. The van der Waals surface area contributed by atoms with E-state index >= 15 is 0 Å². The van der Waals surface area contributed by atoms with Gasteiger partial charge in [0.2, 0.25) is 13.6 Å². The molecule has 0 aliphatic rings. The number of hydrogen-bond acceptors (Lipinski definition) is 8. The van der Waals surface area contributed by atoms with Gasteiger partial charge in [-0.15, -0.1) is 0 Å². The second-order valence-corrected chi connectivity index (χ2v) is 12.1. The molecule has 0 heterocycles. The molecule has 0 aromatic heterocycles. The van der Waals surface area contributed by atoms with Crippen LogP contribution < -0.4 is 14.2 Å². The van der Waals surface area contributed by atoms with Crippen molar-refractivity contribution < 1.29 is 38.1 Å². The molecule has 2 aromatic rings. The first-order valence-electron chi connectivity index (χ1n) is 14.4. The lowest BCUT2D eigenvalue weighted by Gasteiger charge is -2.21. The molecule has 0 saturated carbocycles. The molecule has 0 bridgehead atoms. The Bertz CT molecular complexity index is 1240. The van der Waals surface area contributed by atoms with Gasteiger partial charge in [0.1, 0.15) is 17.2 Å². The zero-order chi connectivity index (χ0) is 31.5. The van der Waals surface area contributed by atoms with Crippen molar-refractivity contribution >= 4 is 23.8 Å². The fourth-order valence-electron chi connectivity index (χ4n) is 3.96. The van der Waals surface area contributed by atoms with E-state index in [0.717, 1.165) is 36.8 Å². The van der Waals surface area contributed by atoms with E-state index in [0.29, 0.717) is 28.4 Å². The molecule has 42 heavy (non-hydrogen) atoms. The van der Waals surface area contributed by atoms with E-state index in [4.69, 9.17) is 23.7 Å². The van der Waals surface area contributed by atoms with E-state index in [1.807, 2.05) is 0 Å². The maximum absolute atomic E-state index is 13.1. The summed E-state index contributed by atoms with van der Waals surface area (Å²) in [5, 5.41) is 0. The van der Waals surface area contributed by atoms with Crippen LogP contribution in [-0.2, 0) is 31.9 Å². The molecular weight excluding hydrogens is 536 g/mol. The van der Waals surface area contributed by atoms with Crippen LogP contribution in [0.4, 0.5) is 0 Å². The summed E-state index contributed by atoms with van der Waals surface area (Å²) >= 11 is 0. The highest BCUT2D eigenvalue weighted by molar-refractivity contribution is 6.07. The van der Waals surface area contributed by atoms with E-state index < -0.39 is 10.8 Å². The third kappa shape index (κ3) is 9.93. The van der Waals surface area contributed by atoms with Gasteiger partial charge in [-0.25, -0.2) is 0 Å². The van der Waals surface area contributed by atoms with Crippen LogP contribution in [0.2, 0.25) is 0 Å². The van der Waals surface area contributed by atoms with Gasteiger partial charge >= 0.3 is 11.9 Å². The molecule has 0 unspecified atom stereocenters. The molecule has 0 aliphatic carbocycles. The van der Waals surface area contributed by atoms with Gasteiger partial charge in [-0.1, -0.05) is 26.7 Å². The Balaban J connectivity index is 2.33. The molecule has 0 amide bonds. The van der Waals surface area contributed by atoms with Crippen LogP contribution in [0.3, 0.4) is 0 Å². The molecule has 0 N–H and O–H groups in total. The average Bonchev–Trinajstić information content (AvgIpc) is 2.92. The van der Waals surface area contributed by atoms with Gasteiger partial charge < -0.3 is 23.7 Å². The molecule has 2 aromatic carbocycles. The SMILES string of the molecule is CCCc1cc(CCC)c(OCOC(=O)C(C)(C)C)c(C=CC(=O)c2ccc(OCOC(=O)C(C)(C)C)cc2)c1OC. The standard InChI is InChI=1S/C34H46O8/c1-10-12-24-20-25(13-11-2)30(40-22-42-32(37)34(6,7)8)27(29(24)38-9)18-19-28(35)23-14-16-26(17-15-23)39-21-41-31(36)33(3,4)5/h14-20H,10-13,21-22H2,1-9H3. The third-order valence-electron chi connectivity index (χ3n) is 6.24. The van der Waals surface area contributed by atoms with E-state index in [2.05, 4.69) is 19.9 Å². The highest BCUT2D eigenvalue weighted by Gasteiger charge is 2.25. The summed E-state index contributed by atoms with van der Waals surface area (Å²) in [4.78, 5) is 37.4. The number of hydrogen-bond donors (Lipinski definition) is 0. The third-order valence-corrected chi connectivity index (χ3v) is 6.24. The van der Waals surface area contributed by atoms with Gasteiger partial charge in [0.05, 0.1) is 23.5 Å². The van der Waals surface area contributed by atoms with E-state index in [1.54, 1.807) is 79.0 Å². The second kappa shape index (κ2) is 15.4. The average molecular weight is 583 g/mol. The summed E-state index contributed by atoms with van der Waals surface area (Å²) in [5.41, 5.74) is 1.75. The second-order valence-electron chi connectivity index (χ2n) is 12.1. The number of aryl methyl sites for hydroxylation is 2. The zero-order valence-electron chi connectivity index (χ0n) is 26.6. The quantitative estimate of drug-likeness (QED) is 0.0987.